The first kappa shape index (κ1) is 11.0. The molecule has 0 bridgehead atoms. The lowest BCUT2D eigenvalue weighted by Crippen LogP contribution is -2.07. The average molecular weight is 198 g/mol. The second-order valence-electron chi connectivity index (χ2n) is 3.58. The molecule has 1 N–H and O–H groups in total. The Morgan fingerprint density at radius 1 is 1.36 bits per heavy atom. The normalized spacial score (nSPS) is 13.0. The van der Waals surface area contributed by atoms with Gasteiger partial charge in [0.15, 0.2) is 0 Å². The fraction of sp³-hybridized carbons (Fsp3) is 0.455. The lowest BCUT2D eigenvalue weighted by Gasteiger charge is -2.15. The van der Waals surface area contributed by atoms with Crippen molar-refractivity contribution < 1.29 is 14.2 Å². The van der Waals surface area contributed by atoms with Crippen LogP contribution in [-0.4, -0.2) is 12.2 Å². The van der Waals surface area contributed by atoms with Gasteiger partial charge in [-0.15, -0.1) is 0 Å². The van der Waals surface area contributed by atoms with E-state index in [1.54, 1.807) is 12.1 Å². The van der Waals surface area contributed by atoms with Gasteiger partial charge in [-0.3, -0.25) is 0 Å². The summed E-state index contributed by atoms with van der Waals surface area (Å²) in [7, 11) is 1.48. The molecular weight excluding hydrogens is 183 g/mol. The summed E-state index contributed by atoms with van der Waals surface area (Å²) in [4.78, 5) is 0. The van der Waals surface area contributed by atoms with E-state index in [2.05, 4.69) is 0 Å². The lowest BCUT2D eigenvalue weighted by atomic mass is 9.99. The molecule has 0 heterocycles. The summed E-state index contributed by atoms with van der Waals surface area (Å²) in [5.74, 6) is 0.0330. The number of aliphatic hydroxyl groups is 1. The molecule has 14 heavy (non-hydrogen) atoms. The van der Waals surface area contributed by atoms with Gasteiger partial charge in [-0.1, -0.05) is 13.8 Å². The van der Waals surface area contributed by atoms with E-state index in [-0.39, 0.29) is 5.92 Å². The van der Waals surface area contributed by atoms with E-state index < -0.39 is 11.9 Å². The van der Waals surface area contributed by atoms with E-state index in [4.69, 9.17) is 4.74 Å². The maximum absolute atomic E-state index is 13.4. The largest absolute Gasteiger partial charge is 0.497 e. The molecule has 0 radical (unpaired) electrons. The van der Waals surface area contributed by atoms with Gasteiger partial charge in [0, 0.05) is 11.6 Å². The van der Waals surface area contributed by atoms with Crippen LogP contribution in [0.3, 0.4) is 0 Å². The van der Waals surface area contributed by atoms with Gasteiger partial charge in [-0.25, -0.2) is 4.39 Å². The molecule has 78 valence electrons. The van der Waals surface area contributed by atoms with Crippen LogP contribution in [0.4, 0.5) is 4.39 Å². The van der Waals surface area contributed by atoms with Crippen molar-refractivity contribution in [3.05, 3.63) is 29.6 Å². The zero-order valence-electron chi connectivity index (χ0n) is 8.62. The molecule has 0 saturated carbocycles. The maximum Gasteiger partial charge on any atom is 0.132 e. The third-order valence-electron chi connectivity index (χ3n) is 2.16. The standard InChI is InChI=1S/C11H15FO2/c1-7(2)11(13)9-5-4-8(14-3)6-10(9)12/h4-7,11,13H,1-3H3. The number of halogens is 1. The Morgan fingerprint density at radius 2 is 2.00 bits per heavy atom. The van der Waals surface area contributed by atoms with Crippen LogP contribution in [0.25, 0.3) is 0 Å². The fourth-order valence-corrected chi connectivity index (χ4v) is 1.23. The summed E-state index contributed by atoms with van der Waals surface area (Å²) in [6.07, 6.45) is -0.763. The highest BCUT2D eigenvalue weighted by Crippen LogP contribution is 2.26. The lowest BCUT2D eigenvalue weighted by molar-refractivity contribution is 0.122. The molecule has 0 aromatic heterocycles. The molecule has 0 aliphatic carbocycles. The number of methoxy groups -OCH3 is 1. The van der Waals surface area contributed by atoms with Crippen LogP contribution in [0.2, 0.25) is 0 Å². The zero-order valence-corrected chi connectivity index (χ0v) is 8.62. The minimum Gasteiger partial charge on any atom is -0.497 e. The Balaban J connectivity index is 2.99. The van der Waals surface area contributed by atoms with Gasteiger partial charge in [0.1, 0.15) is 11.6 Å². The molecule has 0 spiro atoms. The average Bonchev–Trinajstić information content (AvgIpc) is 2.16. The zero-order chi connectivity index (χ0) is 10.7. The highest BCUT2D eigenvalue weighted by molar-refractivity contribution is 5.30. The quantitative estimate of drug-likeness (QED) is 0.808. The minimum atomic E-state index is -0.763. The molecule has 1 aromatic rings. The van der Waals surface area contributed by atoms with Crippen LogP contribution >= 0.6 is 0 Å². The molecule has 1 atom stereocenters. The SMILES string of the molecule is COc1ccc(C(O)C(C)C)c(F)c1. The molecule has 0 amide bonds. The van der Waals surface area contributed by atoms with E-state index >= 15 is 0 Å². The van der Waals surface area contributed by atoms with Crippen molar-refractivity contribution >= 4 is 0 Å². The molecule has 1 aromatic carbocycles. The summed E-state index contributed by atoms with van der Waals surface area (Å²) in [6.45, 7) is 3.68. The Morgan fingerprint density at radius 3 is 2.43 bits per heavy atom. The number of ether oxygens (including phenoxy) is 1. The summed E-state index contributed by atoms with van der Waals surface area (Å²) in [5.41, 5.74) is 0.320. The van der Waals surface area contributed by atoms with Crippen molar-refractivity contribution in [1.82, 2.24) is 0 Å². The van der Waals surface area contributed by atoms with Crippen LogP contribution in [0, 0.1) is 11.7 Å². The second kappa shape index (κ2) is 4.42. The summed E-state index contributed by atoms with van der Waals surface area (Å²) < 4.78 is 18.3. The molecule has 1 rings (SSSR count). The van der Waals surface area contributed by atoms with Gasteiger partial charge in [0.05, 0.1) is 13.2 Å². The predicted molar refractivity (Wildman–Crippen MR) is 52.7 cm³/mol. The summed E-state index contributed by atoms with van der Waals surface area (Å²) >= 11 is 0. The van der Waals surface area contributed by atoms with E-state index in [9.17, 15) is 9.50 Å². The van der Waals surface area contributed by atoms with Crippen LogP contribution in [0.15, 0.2) is 18.2 Å². The molecule has 2 nitrogen and oxygen atoms in total. The van der Waals surface area contributed by atoms with Gasteiger partial charge >= 0.3 is 0 Å². The van der Waals surface area contributed by atoms with E-state index in [0.717, 1.165) is 0 Å². The van der Waals surface area contributed by atoms with Crippen LogP contribution in [-0.2, 0) is 0 Å². The Bertz CT molecular complexity index is 310. The molecule has 0 saturated heterocycles. The topological polar surface area (TPSA) is 29.5 Å². The Kier molecular flexibility index (Phi) is 3.47. The summed E-state index contributed by atoms with van der Waals surface area (Å²) in [5, 5.41) is 9.66. The first-order valence-electron chi connectivity index (χ1n) is 4.57. The Labute approximate surface area is 83.3 Å². The Hall–Kier alpha value is -1.09. The van der Waals surface area contributed by atoms with E-state index in [0.29, 0.717) is 11.3 Å². The molecule has 1 unspecified atom stereocenters. The maximum atomic E-state index is 13.4. The van der Waals surface area contributed by atoms with E-state index in [1.165, 1.54) is 13.2 Å². The fourth-order valence-electron chi connectivity index (χ4n) is 1.23. The van der Waals surface area contributed by atoms with Crippen LogP contribution < -0.4 is 4.74 Å². The second-order valence-corrected chi connectivity index (χ2v) is 3.58. The molecule has 0 fully saturated rings. The molecule has 0 aliphatic rings. The van der Waals surface area contributed by atoms with Crippen molar-refractivity contribution in [1.29, 1.82) is 0 Å². The van der Waals surface area contributed by atoms with Crippen molar-refractivity contribution in [2.24, 2.45) is 5.92 Å². The number of rotatable bonds is 3. The van der Waals surface area contributed by atoms with Crippen molar-refractivity contribution in [2.45, 2.75) is 20.0 Å². The third-order valence-corrected chi connectivity index (χ3v) is 2.16. The van der Waals surface area contributed by atoms with Gasteiger partial charge in [0.2, 0.25) is 0 Å². The van der Waals surface area contributed by atoms with Gasteiger partial charge in [-0.2, -0.15) is 0 Å². The van der Waals surface area contributed by atoms with Gasteiger partial charge < -0.3 is 9.84 Å². The third kappa shape index (κ3) is 2.23. The van der Waals surface area contributed by atoms with Crippen molar-refractivity contribution in [3.8, 4) is 5.75 Å². The van der Waals surface area contributed by atoms with Crippen LogP contribution in [0.5, 0.6) is 5.75 Å². The van der Waals surface area contributed by atoms with Crippen molar-refractivity contribution in [2.75, 3.05) is 7.11 Å². The molecule has 0 aliphatic heterocycles. The highest BCUT2D eigenvalue weighted by Gasteiger charge is 2.16. The summed E-state index contributed by atoms with van der Waals surface area (Å²) in [6, 6.07) is 4.48. The first-order valence-corrected chi connectivity index (χ1v) is 4.57. The molecule has 3 heteroatoms. The smallest absolute Gasteiger partial charge is 0.132 e. The van der Waals surface area contributed by atoms with Crippen LogP contribution in [0.1, 0.15) is 25.5 Å². The monoisotopic (exact) mass is 198 g/mol. The first-order chi connectivity index (χ1) is 6.56. The predicted octanol–water partition coefficient (Wildman–Crippen LogP) is 2.52. The highest BCUT2D eigenvalue weighted by atomic mass is 19.1. The minimum absolute atomic E-state index is 0.00195. The number of aliphatic hydroxyl groups excluding tert-OH is 1. The molecular formula is C11H15FO2. The van der Waals surface area contributed by atoms with Crippen molar-refractivity contribution in [3.63, 3.8) is 0 Å². The van der Waals surface area contributed by atoms with Gasteiger partial charge in [0.25, 0.3) is 0 Å². The number of hydrogen-bond acceptors (Lipinski definition) is 2. The number of hydrogen-bond donors (Lipinski definition) is 1. The van der Waals surface area contributed by atoms with Gasteiger partial charge in [-0.05, 0) is 18.1 Å². The van der Waals surface area contributed by atoms with E-state index in [1.807, 2.05) is 13.8 Å². The number of benzene rings is 1.